The van der Waals surface area contributed by atoms with Crippen molar-refractivity contribution >= 4 is 15.9 Å². The minimum Gasteiger partial charge on any atom is -0.508 e. The van der Waals surface area contributed by atoms with Gasteiger partial charge in [0, 0.05) is 5.56 Å². The van der Waals surface area contributed by atoms with Crippen molar-refractivity contribution in [2.75, 3.05) is 0 Å². The quantitative estimate of drug-likeness (QED) is 0.894. The Morgan fingerprint density at radius 1 is 1.35 bits per heavy atom. The number of hydrogen-bond acceptors (Lipinski definition) is 3. The second-order valence-electron chi connectivity index (χ2n) is 3.58. The molecular weight excluding hydrogens is 284 g/mol. The molecule has 0 spiro atoms. The summed E-state index contributed by atoms with van der Waals surface area (Å²) >= 11 is 3.21. The Morgan fingerprint density at radius 2 is 2.00 bits per heavy atom. The van der Waals surface area contributed by atoms with Crippen LogP contribution < -0.4 is 5.56 Å². The van der Waals surface area contributed by atoms with Crippen molar-refractivity contribution in [2.24, 2.45) is 0 Å². The summed E-state index contributed by atoms with van der Waals surface area (Å²) in [5.74, 6) is 0.693. The molecule has 0 aliphatic carbocycles. The van der Waals surface area contributed by atoms with Gasteiger partial charge in [-0.15, -0.1) is 0 Å². The molecule has 0 saturated heterocycles. The molecule has 4 nitrogen and oxygen atoms in total. The van der Waals surface area contributed by atoms with Crippen molar-refractivity contribution in [3.8, 4) is 17.1 Å². The van der Waals surface area contributed by atoms with E-state index in [2.05, 4.69) is 25.9 Å². The van der Waals surface area contributed by atoms with E-state index in [4.69, 9.17) is 0 Å². The Morgan fingerprint density at radius 3 is 2.59 bits per heavy atom. The molecule has 0 amide bonds. The van der Waals surface area contributed by atoms with Gasteiger partial charge in [0.25, 0.3) is 5.56 Å². The highest BCUT2D eigenvalue weighted by atomic mass is 79.9. The summed E-state index contributed by atoms with van der Waals surface area (Å²) in [4.78, 5) is 18.7. The van der Waals surface area contributed by atoms with Crippen LogP contribution in [0.5, 0.6) is 5.75 Å². The van der Waals surface area contributed by atoms with Crippen molar-refractivity contribution in [2.45, 2.75) is 13.3 Å². The van der Waals surface area contributed by atoms with Crippen LogP contribution in [0, 0.1) is 0 Å². The highest BCUT2D eigenvalue weighted by Gasteiger charge is 2.08. The van der Waals surface area contributed by atoms with Gasteiger partial charge in [-0.1, -0.05) is 6.92 Å². The molecule has 2 aromatic rings. The molecule has 1 aromatic carbocycles. The third-order valence-corrected chi connectivity index (χ3v) is 3.22. The Bertz CT molecular complexity index is 590. The molecule has 0 bridgehead atoms. The highest BCUT2D eigenvalue weighted by Crippen LogP contribution is 2.19. The van der Waals surface area contributed by atoms with Crippen molar-refractivity contribution in [3.05, 3.63) is 44.8 Å². The minimum atomic E-state index is -0.195. The molecule has 0 aliphatic rings. The Balaban J connectivity index is 2.56. The summed E-state index contributed by atoms with van der Waals surface area (Å²) in [5.41, 5.74) is 1.29. The van der Waals surface area contributed by atoms with E-state index >= 15 is 0 Å². The van der Waals surface area contributed by atoms with Gasteiger partial charge in [-0.05, 0) is 46.6 Å². The topological polar surface area (TPSA) is 66.0 Å². The molecule has 0 fully saturated rings. The lowest BCUT2D eigenvalue weighted by atomic mass is 10.2. The monoisotopic (exact) mass is 294 g/mol. The largest absolute Gasteiger partial charge is 0.508 e. The maximum absolute atomic E-state index is 11.7. The molecule has 88 valence electrons. The van der Waals surface area contributed by atoms with E-state index in [1.165, 1.54) is 0 Å². The molecule has 0 unspecified atom stereocenters. The van der Waals surface area contributed by atoms with Gasteiger partial charge in [0.2, 0.25) is 0 Å². The number of hydrogen-bond donors (Lipinski definition) is 2. The second kappa shape index (κ2) is 4.71. The molecule has 1 heterocycles. The predicted molar refractivity (Wildman–Crippen MR) is 69.0 cm³/mol. The van der Waals surface area contributed by atoms with Crippen molar-refractivity contribution in [1.29, 1.82) is 0 Å². The number of aryl methyl sites for hydroxylation is 1. The first-order valence-corrected chi connectivity index (χ1v) is 5.99. The van der Waals surface area contributed by atoms with Crippen LogP contribution in [0.15, 0.2) is 33.5 Å². The first kappa shape index (κ1) is 11.9. The molecule has 2 N–H and O–H groups in total. The molecule has 1 aromatic heterocycles. The third-order valence-electron chi connectivity index (χ3n) is 2.41. The fraction of sp³-hybridized carbons (Fsp3) is 0.167. The summed E-state index contributed by atoms with van der Waals surface area (Å²) in [7, 11) is 0. The summed E-state index contributed by atoms with van der Waals surface area (Å²) in [5, 5.41) is 9.20. The number of aromatic hydroxyl groups is 1. The van der Waals surface area contributed by atoms with E-state index in [9.17, 15) is 9.90 Å². The number of aromatic amines is 1. The van der Waals surface area contributed by atoms with Crippen molar-refractivity contribution in [1.82, 2.24) is 9.97 Å². The first-order valence-electron chi connectivity index (χ1n) is 5.20. The number of aromatic nitrogens is 2. The maximum atomic E-state index is 11.7. The number of H-pyrrole nitrogens is 1. The van der Waals surface area contributed by atoms with Crippen LogP contribution in [-0.2, 0) is 6.42 Å². The summed E-state index contributed by atoms with van der Waals surface area (Å²) in [6.07, 6.45) is 0.676. The molecule has 17 heavy (non-hydrogen) atoms. The van der Waals surface area contributed by atoms with E-state index in [0.29, 0.717) is 16.7 Å². The first-order chi connectivity index (χ1) is 8.11. The zero-order chi connectivity index (χ0) is 12.4. The summed E-state index contributed by atoms with van der Waals surface area (Å²) in [6, 6.07) is 6.54. The van der Waals surface area contributed by atoms with E-state index in [1.54, 1.807) is 24.3 Å². The lowest BCUT2D eigenvalue weighted by Gasteiger charge is -2.05. The minimum absolute atomic E-state index is 0.184. The zero-order valence-electron chi connectivity index (χ0n) is 9.20. The average molecular weight is 295 g/mol. The van der Waals surface area contributed by atoms with Gasteiger partial charge in [-0.25, -0.2) is 4.98 Å². The molecule has 0 radical (unpaired) electrons. The lowest BCUT2D eigenvalue weighted by molar-refractivity contribution is 0.475. The normalized spacial score (nSPS) is 10.5. The molecule has 5 heteroatoms. The Hall–Kier alpha value is -1.62. The van der Waals surface area contributed by atoms with Gasteiger partial charge in [-0.3, -0.25) is 4.79 Å². The third kappa shape index (κ3) is 2.39. The predicted octanol–water partition coefficient (Wildman–Crippen LogP) is 2.47. The van der Waals surface area contributed by atoms with Gasteiger partial charge < -0.3 is 10.1 Å². The number of rotatable bonds is 2. The van der Waals surface area contributed by atoms with Crippen LogP contribution in [0.2, 0.25) is 0 Å². The molecule has 0 saturated carbocycles. The highest BCUT2D eigenvalue weighted by molar-refractivity contribution is 9.10. The van der Waals surface area contributed by atoms with Crippen LogP contribution in [0.3, 0.4) is 0 Å². The number of halogens is 1. The van der Waals surface area contributed by atoms with E-state index in [0.717, 1.165) is 11.3 Å². The number of phenolic OH excluding ortho intramolecular Hbond substituents is 1. The molecular formula is C12H11BrN2O2. The van der Waals surface area contributed by atoms with Crippen molar-refractivity contribution in [3.63, 3.8) is 0 Å². The van der Waals surface area contributed by atoms with E-state index in [-0.39, 0.29) is 11.3 Å². The summed E-state index contributed by atoms with van der Waals surface area (Å²) in [6.45, 7) is 1.94. The van der Waals surface area contributed by atoms with Gasteiger partial charge in [-0.2, -0.15) is 0 Å². The fourth-order valence-corrected chi connectivity index (χ4v) is 1.96. The zero-order valence-corrected chi connectivity index (χ0v) is 10.8. The smallest absolute Gasteiger partial charge is 0.265 e. The van der Waals surface area contributed by atoms with E-state index < -0.39 is 0 Å². The molecule has 0 aliphatic heterocycles. The standard InChI is InChI=1S/C12H11BrN2O2/c1-2-9-10(13)12(17)15-11(14-9)7-3-5-8(16)6-4-7/h3-6,16H,2H2,1H3,(H,14,15,17). The number of phenols is 1. The Kier molecular flexibility index (Phi) is 3.28. The van der Waals surface area contributed by atoms with Crippen LogP contribution in [0.4, 0.5) is 0 Å². The molecule has 2 rings (SSSR count). The maximum Gasteiger partial charge on any atom is 0.265 e. The van der Waals surface area contributed by atoms with Gasteiger partial charge in [0.15, 0.2) is 0 Å². The number of nitrogens with zero attached hydrogens (tertiary/aromatic N) is 1. The van der Waals surface area contributed by atoms with Crippen LogP contribution in [0.25, 0.3) is 11.4 Å². The fourth-order valence-electron chi connectivity index (χ4n) is 1.50. The number of benzene rings is 1. The van der Waals surface area contributed by atoms with E-state index in [1.807, 2.05) is 6.92 Å². The Labute approximate surface area is 106 Å². The second-order valence-corrected chi connectivity index (χ2v) is 4.37. The molecule has 0 atom stereocenters. The number of nitrogens with one attached hydrogen (secondary N) is 1. The SMILES string of the molecule is CCc1nc(-c2ccc(O)cc2)[nH]c(=O)c1Br. The lowest BCUT2D eigenvalue weighted by Crippen LogP contribution is -2.13. The van der Waals surface area contributed by atoms with Crippen LogP contribution >= 0.6 is 15.9 Å². The van der Waals surface area contributed by atoms with Gasteiger partial charge >= 0.3 is 0 Å². The van der Waals surface area contributed by atoms with Crippen LogP contribution in [0.1, 0.15) is 12.6 Å². The van der Waals surface area contributed by atoms with Crippen LogP contribution in [-0.4, -0.2) is 15.1 Å². The average Bonchev–Trinajstić information content (AvgIpc) is 2.33. The summed E-state index contributed by atoms with van der Waals surface area (Å²) < 4.78 is 0.475. The van der Waals surface area contributed by atoms with Gasteiger partial charge in [0.1, 0.15) is 16.0 Å². The van der Waals surface area contributed by atoms with Gasteiger partial charge in [0.05, 0.1) is 5.69 Å². The van der Waals surface area contributed by atoms with Crippen molar-refractivity contribution < 1.29 is 5.11 Å².